The molecule has 11 heteroatoms. The number of carbonyl (C=O) groups excluding carboxylic acids is 1. The maximum Gasteiger partial charge on any atom is 0.348 e. The van der Waals surface area contributed by atoms with E-state index in [9.17, 15) is 24.9 Å². The number of pyridine rings is 1. The third kappa shape index (κ3) is 6.73. The molecular formula is C43H45N3O8. The van der Waals surface area contributed by atoms with E-state index < -0.39 is 17.7 Å². The van der Waals surface area contributed by atoms with E-state index in [4.69, 9.17) is 14.2 Å². The number of nitrogens with one attached hydrogen (secondary N) is 2. The number of aromatic hydroxyl groups is 1. The van der Waals surface area contributed by atoms with Gasteiger partial charge < -0.3 is 44.7 Å². The molecule has 1 aliphatic heterocycles. The number of ether oxygens (including phenoxy) is 3. The number of aliphatic hydroxyl groups excluding tert-OH is 1. The SMILES string of the molecule is CN(CCCOc1ccc(CNC[C@H](O)c2ccc(O)c3[nH]c(=O)ccc23)cc1)[C@H]1[C@H]2CC[C@@H]1[C@H](OC(=O)C1(O)c3ccccc3Oc3ccccc31)C2. The number of aromatic amines is 1. The van der Waals surface area contributed by atoms with Crippen LogP contribution in [0.25, 0.3) is 10.9 Å². The van der Waals surface area contributed by atoms with Crippen molar-refractivity contribution in [2.24, 2.45) is 11.8 Å². The molecule has 11 nitrogen and oxygen atoms in total. The van der Waals surface area contributed by atoms with Crippen molar-refractivity contribution in [3.8, 4) is 23.0 Å². The molecule has 0 radical (unpaired) electrons. The highest BCUT2D eigenvalue weighted by atomic mass is 16.6. The first-order valence-corrected chi connectivity index (χ1v) is 18.7. The largest absolute Gasteiger partial charge is 0.506 e. The normalized spacial score (nSPS) is 21.3. The molecule has 0 unspecified atom stereocenters. The van der Waals surface area contributed by atoms with Gasteiger partial charge >= 0.3 is 5.97 Å². The van der Waals surface area contributed by atoms with E-state index in [0.717, 1.165) is 43.5 Å². The van der Waals surface area contributed by atoms with Gasteiger partial charge in [-0.15, -0.1) is 0 Å². The smallest absolute Gasteiger partial charge is 0.348 e. The minimum absolute atomic E-state index is 0.0396. The van der Waals surface area contributed by atoms with Gasteiger partial charge in [-0.2, -0.15) is 0 Å². The van der Waals surface area contributed by atoms with Crippen molar-refractivity contribution in [2.45, 2.75) is 56.1 Å². The number of carbonyl (C=O) groups is 1. The van der Waals surface area contributed by atoms with Crippen LogP contribution in [0.5, 0.6) is 23.0 Å². The molecule has 0 spiro atoms. The quantitative estimate of drug-likeness (QED) is 0.0774. The molecule has 5 aromatic rings. The summed E-state index contributed by atoms with van der Waals surface area (Å²) in [6, 6.07) is 28.5. The van der Waals surface area contributed by atoms with E-state index in [1.54, 1.807) is 48.5 Å². The lowest BCUT2D eigenvalue weighted by Crippen LogP contribution is -2.44. The van der Waals surface area contributed by atoms with Crippen LogP contribution >= 0.6 is 0 Å². The minimum Gasteiger partial charge on any atom is -0.506 e. The van der Waals surface area contributed by atoms with Crippen molar-refractivity contribution in [3.05, 3.63) is 130 Å². The first-order chi connectivity index (χ1) is 26.2. The van der Waals surface area contributed by atoms with Crippen LogP contribution in [-0.4, -0.2) is 70.1 Å². The second-order valence-electron chi connectivity index (χ2n) is 14.7. The molecule has 2 fully saturated rings. The molecular weight excluding hydrogens is 686 g/mol. The highest BCUT2D eigenvalue weighted by molar-refractivity contribution is 5.89. The average molecular weight is 732 g/mol. The predicted octanol–water partition coefficient (Wildman–Crippen LogP) is 5.51. The van der Waals surface area contributed by atoms with Crippen molar-refractivity contribution in [2.75, 3.05) is 26.7 Å². The highest BCUT2D eigenvalue weighted by Crippen LogP contribution is 2.51. The average Bonchev–Trinajstić information content (AvgIpc) is 3.75. The fourth-order valence-electron chi connectivity index (χ4n) is 8.84. The first-order valence-electron chi connectivity index (χ1n) is 18.7. The molecule has 54 heavy (non-hydrogen) atoms. The van der Waals surface area contributed by atoms with Gasteiger partial charge in [-0.3, -0.25) is 4.79 Å². The summed E-state index contributed by atoms with van der Waals surface area (Å²) in [7, 11) is 2.14. The molecule has 4 aromatic carbocycles. The highest BCUT2D eigenvalue weighted by Gasteiger charge is 2.54. The standard InChI is InChI=1S/C43H45N3O8/c1-46(21-6-22-52-28-14-11-26(12-15-28)24-44-25-35(48)29-17-19-34(47)40-30(29)18-20-39(49)45-40)41-27-13-16-31(41)38(23-27)54-42(50)43(51)32-7-2-4-9-36(32)53-37-10-5-3-8-33(37)43/h2-5,7-12,14-15,17-20,27,31,35,38,41,44,47-48,51H,6,13,16,21-25H2,1H3,(H,45,49)/t27-,31+,35-,38+,41-/m0/s1. The fourth-order valence-corrected chi connectivity index (χ4v) is 8.84. The van der Waals surface area contributed by atoms with Crippen LogP contribution in [-0.2, 0) is 21.7 Å². The van der Waals surface area contributed by atoms with Gasteiger partial charge in [0, 0.05) is 54.2 Å². The van der Waals surface area contributed by atoms with Gasteiger partial charge in [-0.05, 0) is 86.2 Å². The Morgan fingerprint density at radius 1 is 0.981 bits per heavy atom. The van der Waals surface area contributed by atoms with E-state index in [1.807, 2.05) is 36.4 Å². The summed E-state index contributed by atoms with van der Waals surface area (Å²) >= 11 is 0. The summed E-state index contributed by atoms with van der Waals surface area (Å²) in [5, 5.41) is 36.9. The molecule has 280 valence electrons. The van der Waals surface area contributed by atoms with Crippen LogP contribution in [0, 0.1) is 11.8 Å². The molecule has 2 aliphatic carbocycles. The van der Waals surface area contributed by atoms with Gasteiger partial charge in [0.1, 0.15) is 29.1 Å². The van der Waals surface area contributed by atoms with Gasteiger partial charge in [-0.25, -0.2) is 4.79 Å². The molecule has 8 rings (SSSR count). The maximum atomic E-state index is 13.9. The van der Waals surface area contributed by atoms with E-state index >= 15 is 0 Å². The Hall–Kier alpha value is -5.20. The number of para-hydroxylation sites is 2. The number of hydrogen-bond acceptors (Lipinski definition) is 10. The van der Waals surface area contributed by atoms with Crippen molar-refractivity contribution >= 4 is 16.9 Å². The van der Waals surface area contributed by atoms with Gasteiger partial charge in [0.25, 0.3) is 0 Å². The molecule has 2 heterocycles. The molecule has 3 aliphatic rings. The van der Waals surface area contributed by atoms with Crippen molar-refractivity contribution in [3.63, 3.8) is 0 Å². The molecule has 5 atom stereocenters. The Balaban J connectivity index is 0.801. The number of aliphatic hydroxyl groups is 2. The van der Waals surface area contributed by atoms with Crippen LogP contribution in [0.4, 0.5) is 0 Å². The summed E-state index contributed by atoms with van der Waals surface area (Å²) in [6.45, 7) is 2.24. The van der Waals surface area contributed by atoms with Crippen LogP contribution in [0.3, 0.4) is 0 Å². The summed E-state index contributed by atoms with van der Waals surface area (Å²) in [5.74, 6) is 1.62. The van der Waals surface area contributed by atoms with Gasteiger partial charge in [0.15, 0.2) is 0 Å². The van der Waals surface area contributed by atoms with Crippen molar-refractivity contribution < 1.29 is 34.3 Å². The lowest BCUT2D eigenvalue weighted by atomic mass is 9.83. The summed E-state index contributed by atoms with van der Waals surface area (Å²) < 4.78 is 18.3. The zero-order chi connectivity index (χ0) is 37.4. The summed E-state index contributed by atoms with van der Waals surface area (Å²) in [4.78, 5) is 30.6. The number of aromatic nitrogens is 1. The third-order valence-corrected chi connectivity index (χ3v) is 11.4. The Labute approximate surface area is 313 Å². The van der Waals surface area contributed by atoms with Crippen molar-refractivity contribution in [1.82, 2.24) is 15.2 Å². The maximum absolute atomic E-state index is 13.9. The Bertz CT molecular complexity index is 2160. The van der Waals surface area contributed by atoms with E-state index in [0.29, 0.717) is 64.2 Å². The number of phenolic OH excluding ortho intramolecular Hbond substituents is 1. The second kappa shape index (κ2) is 14.9. The Morgan fingerprint density at radius 2 is 1.70 bits per heavy atom. The number of nitrogens with zero attached hydrogens (tertiary/aromatic N) is 1. The Morgan fingerprint density at radius 3 is 2.44 bits per heavy atom. The monoisotopic (exact) mass is 731 g/mol. The van der Waals surface area contributed by atoms with Crippen LogP contribution < -0.4 is 20.3 Å². The van der Waals surface area contributed by atoms with E-state index in [-0.39, 0.29) is 29.9 Å². The molecule has 2 bridgehead atoms. The summed E-state index contributed by atoms with van der Waals surface area (Å²) in [6.07, 6.45) is 2.62. The van der Waals surface area contributed by atoms with Gasteiger partial charge in [0.2, 0.25) is 11.2 Å². The number of hydrogen-bond donors (Lipinski definition) is 5. The Kier molecular flexibility index (Phi) is 9.89. The van der Waals surface area contributed by atoms with Crippen molar-refractivity contribution in [1.29, 1.82) is 0 Å². The molecule has 0 amide bonds. The van der Waals surface area contributed by atoms with E-state index in [2.05, 4.69) is 22.2 Å². The lowest BCUT2D eigenvalue weighted by molar-refractivity contribution is -0.171. The second-order valence-corrected chi connectivity index (χ2v) is 14.7. The number of esters is 1. The topological polar surface area (TPSA) is 154 Å². The van der Waals surface area contributed by atoms with E-state index in [1.165, 1.54) is 12.1 Å². The third-order valence-electron chi connectivity index (χ3n) is 11.4. The first kappa shape index (κ1) is 35.8. The molecule has 1 aromatic heterocycles. The number of rotatable bonds is 13. The van der Waals surface area contributed by atoms with Crippen LogP contribution in [0.1, 0.15) is 54.0 Å². The zero-order valence-corrected chi connectivity index (χ0v) is 30.1. The lowest BCUT2D eigenvalue weighted by Gasteiger charge is -2.35. The molecule has 5 N–H and O–H groups in total. The predicted molar refractivity (Wildman–Crippen MR) is 203 cm³/mol. The van der Waals surface area contributed by atoms with Crippen LogP contribution in [0.2, 0.25) is 0 Å². The summed E-state index contributed by atoms with van der Waals surface area (Å²) in [5.41, 5.74) is 0.498. The number of phenols is 1. The van der Waals surface area contributed by atoms with Gasteiger partial charge in [-0.1, -0.05) is 54.6 Å². The zero-order valence-electron chi connectivity index (χ0n) is 30.1. The molecule has 2 saturated carbocycles. The molecule has 0 saturated heterocycles. The number of benzene rings is 4. The number of fused-ring (bicyclic) bond motifs is 5. The van der Waals surface area contributed by atoms with Crippen LogP contribution in [0.15, 0.2) is 102 Å². The fraction of sp³-hybridized carbons (Fsp3) is 0.349. The van der Waals surface area contributed by atoms with Gasteiger partial charge in [0.05, 0.1) is 18.2 Å². The minimum atomic E-state index is -1.95. The number of H-pyrrole nitrogens is 1.